The fourth-order valence-electron chi connectivity index (χ4n) is 2.83. The molecule has 0 bridgehead atoms. The number of aryl methyl sites for hydroxylation is 1. The van der Waals surface area contributed by atoms with Crippen molar-refractivity contribution in [3.05, 3.63) is 64.7 Å². The number of ether oxygens (including phenoxy) is 1. The van der Waals surface area contributed by atoms with Crippen LogP contribution in [0.5, 0.6) is 5.75 Å². The average molecular weight is 276 g/mol. The van der Waals surface area contributed by atoms with Gasteiger partial charge in [-0.1, -0.05) is 6.07 Å². The number of fused-ring (bicyclic) bond motifs is 1. The highest BCUT2D eigenvalue weighted by atomic mass is 19.1. The molecule has 2 nitrogen and oxygen atoms in total. The standard InChI is InChI=1S/C16H14F2O2/c1-20-14-3-2-10-4-5-16(19,15(10)9-14)11-6-12(17)8-13(18)7-11/h2-3,6-9,19H,4-5H2,1H3. The smallest absolute Gasteiger partial charge is 0.126 e. The first-order valence-corrected chi connectivity index (χ1v) is 6.39. The molecule has 0 amide bonds. The van der Waals surface area contributed by atoms with Crippen LogP contribution in [-0.2, 0) is 12.0 Å². The Balaban J connectivity index is 2.15. The molecule has 2 aromatic carbocycles. The van der Waals surface area contributed by atoms with Crippen LogP contribution in [0.15, 0.2) is 36.4 Å². The van der Waals surface area contributed by atoms with Gasteiger partial charge in [0.1, 0.15) is 23.0 Å². The van der Waals surface area contributed by atoms with Crippen molar-refractivity contribution < 1.29 is 18.6 Å². The highest BCUT2D eigenvalue weighted by molar-refractivity contribution is 5.48. The van der Waals surface area contributed by atoms with E-state index in [1.54, 1.807) is 6.07 Å². The summed E-state index contributed by atoms with van der Waals surface area (Å²) in [5, 5.41) is 10.9. The first-order valence-electron chi connectivity index (χ1n) is 6.39. The van der Waals surface area contributed by atoms with Gasteiger partial charge < -0.3 is 9.84 Å². The molecule has 0 aliphatic heterocycles. The zero-order chi connectivity index (χ0) is 14.3. The Morgan fingerprint density at radius 1 is 1.10 bits per heavy atom. The molecule has 2 aromatic rings. The first-order chi connectivity index (χ1) is 9.53. The molecule has 4 heteroatoms. The van der Waals surface area contributed by atoms with E-state index < -0.39 is 17.2 Å². The average Bonchev–Trinajstić information content (AvgIpc) is 2.76. The Morgan fingerprint density at radius 3 is 2.45 bits per heavy atom. The molecule has 0 radical (unpaired) electrons. The van der Waals surface area contributed by atoms with Crippen LogP contribution in [0, 0.1) is 11.6 Å². The number of hydrogen-bond acceptors (Lipinski definition) is 2. The lowest BCUT2D eigenvalue weighted by molar-refractivity contribution is 0.0820. The second kappa shape index (κ2) is 4.56. The van der Waals surface area contributed by atoms with Crippen LogP contribution < -0.4 is 4.74 Å². The summed E-state index contributed by atoms with van der Waals surface area (Å²) in [5.41, 5.74) is 0.495. The Bertz CT molecular complexity index is 649. The summed E-state index contributed by atoms with van der Waals surface area (Å²) in [6.07, 6.45) is 1.06. The molecule has 0 spiro atoms. The molecular weight excluding hydrogens is 262 g/mol. The van der Waals surface area contributed by atoms with Crippen LogP contribution in [0.4, 0.5) is 8.78 Å². The Kier molecular flexibility index (Phi) is 2.98. The number of rotatable bonds is 2. The molecule has 1 aliphatic carbocycles. The third-order valence-corrected chi connectivity index (χ3v) is 3.86. The second-order valence-electron chi connectivity index (χ2n) is 5.04. The van der Waals surface area contributed by atoms with E-state index in [0.717, 1.165) is 11.6 Å². The van der Waals surface area contributed by atoms with E-state index in [0.29, 0.717) is 24.2 Å². The largest absolute Gasteiger partial charge is 0.497 e. The number of methoxy groups -OCH3 is 1. The van der Waals surface area contributed by atoms with E-state index in [1.807, 2.05) is 12.1 Å². The summed E-state index contributed by atoms with van der Waals surface area (Å²) >= 11 is 0. The van der Waals surface area contributed by atoms with Gasteiger partial charge in [-0.05, 0) is 53.8 Å². The third-order valence-electron chi connectivity index (χ3n) is 3.86. The molecule has 0 heterocycles. The molecule has 0 saturated carbocycles. The minimum Gasteiger partial charge on any atom is -0.497 e. The van der Waals surface area contributed by atoms with E-state index in [1.165, 1.54) is 19.2 Å². The summed E-state index contributed by atoms with van der Waals surface area (Å²) in [6.45, 7) is 0. The molecule has 0 aromatic heterocycles. The number of halogens is 2. The van der Waals surface area contributed by atoms with Crippen LogP contribution >= 0.6 is 0 Å². The van der Waals surface area contributed by atoms with Gasteiger partial charge in [-0.25, -0.2) is 8.78 Å². The van der Waals surface area contributed by atoms with Crippen molar-refractivity contribution in [2.75, 3.05) is 7.11 Å². The van der Waals surface area contributed by atoms with E-state index >= 15 is 0 Å². The minimum absolute atomic E-state index is 0.238. The maximum Gasteiger partial charge on any atom is 0.126 e. The molecule has 1 N–H and O–H groups in total. The lowest BCUT2D eigenvalue weighted by Crippen LogP contribution is -2.24. The van der Waals surface area contributed by atoms with Crippen molar-refractivity contribution in [1.29, 1.82) is 0 Å². The lowest BCUT2D eigenvalue weighted by atomic mass is 9.87. The number of benzene rings is 2. The Labute approximate surface area is 115 Å². The summed E-state index contributed by atoms with van der Waals surface area (Å²) in [6, 6.07) is 8.58. The van der Waals surface area contributed by atoms with Gasteiger partial charge in [0.2, 0.25) is 0 Å². The zero-order valence-corrected chi connectivity index (χ0v) is 11.0. The summed E-state index contributed by atoms with van der Waals surface area (Å²) in [7, 11) is 1.54. The number of aliphatic hydroxyl groups is 1. The van der Waals surface area contributed by atoms with Gasteiger partial charge in [0, 0.05) is 6.07 Å². The fourth-order valence-corrected chi connectivity index (χ4v) is 2.83. The van der Waals surface area contributed by atoms with Gasteiger partial charge in [0.05, 0.1) is 7.11 Å². The van der Waals surface area contributed by atoms with E-state index in [9.17, 15) is 13.9 Å². The Morgan fingerprint density at radius 2 is 1.80 bits per heavy atom. The fraction of sp³-hybridized carbons (Fsp3) is 0.250. The predicted octanol–water partition coefficient (Wildman–Crippen LogP) is 3.16. The molecule has 3 rings (SSSR count). The summed E-state index contributed by atoms with van der Waals surface area (Å²) < 4.78 is 32.0. The highest BCUT2D eigenvalue weighted by Gasteiger charge is 2.39. The third kappa shape index (κ3) is 1.96. The van der Waals surface area contributed by atoms with E-state index in [-0.39, 0.29) is 5.56 Å². The van der Waals surface area contributed by atoms with Crippen LogP contribution in [0.3, 0.4) is 0 Å². The van der Waals surface area contributed by atoms with Crippen molar-refractivity contribution in [1.82, 2.24) is 0 Å². The van der Waals surface area contributed by atoms with Gasteiger partial charge in [0.15, 0.2) is 0 Å². The van der Waals surface area contributed by atoms with Crippen molar-refractivity contribution in [2.45, 2.75) is 18.4 Å². The van der Waals surface area contributed by atoms with E-state index in [2.05, 4.69) is 0 Å². The highest BCUT2D eigenvalue weighted by Crippen LogP contribution is 2.43. The van der Waals surface area contributed by atoms with Gasteiger partial charge in [0.25, 0.3) is 0 Å². The van der Waals surface area contributed by atoms with Crippen molar-refractivity contribution in [3.8, 4) is 5.75 Å². The SMILES string of the molecule is COc1ccc2c(c1)C(O)(c1cc(F)cc(F)c1)CC2. The molecule has 1 aliphatic rings. The van der Waals surface area contributed by atoms with Crippen LogP contribution in [-0.4, -0.2) is 12.2 Å². The quantitative estimate of drug-likeness (QED) is 0.913. The van der Waals surface area contributed by atoms with Crippen molar-refractivity contribution >= 4 is 0 Å². The van der Waals surface area contributed by atoms with Crippen LogP contribution in [0.25, 0.3) is 0 Å². The summed E-state index contributed by atoms with van der Waals surface area (Å²) in [5.74, 6) is -0.768. The van der Waals surface area contributed by atoms with Gasteiger partial charge >= 0.3 is 0 Å². The monoisotopic (exact) mass is 276 g/mol. The maximum absolute atomic E-state index is 13.4. The zero-order valence-electron chi connectivity index (χ0n) is 11.0. The molecular formula is C16H14F2O2. The lowest BCUT2D eigenvalue weighted by Gasteiger charge is -2.25. The molecule has 0 fully saturated rings. The Hall–Kier alpha value is -1.94. The van der Waals surface area contributed by atoms with Crippen molar-refractivity contribution in [2.24, 2.45) is 0 Å². The molecule has 1 unspecified atom stereocenters. The minimum atomic E-state index is -1.37. The predicted molar refractivity (Wildman–Crippen MR) is 70.7 cm³/mol. The second-order valence-corrected chi connectivity index (χ2v) is 5.04. The van der Waals surface area contributed by atoms with Gasteiger partial charge in [-0.15, -0.1) is 0 Å². The topological polar surface area (TPSA) is 29.5 Å². The molecule has 104 valence electrons. The maximum atomic E-state index is 13.4. The molecule has 1 atom stereocenters. The summed E-state index contributed by atoms with van der Waals surface area (Å²) in [4.78, 5) is 0. The normalized spacial score (nSPS) is 20.8. The van der Waals surface area contributed by atoms with Crippen LogP contribution in [0.2, 0.25) is 0 Å². The van der Waals surface area contributed by atoms with Crippen molar-refractivity contribution in [3.63, 3.8) is 0 Å². The van der Waals surface area contributed by atoms with E-state index in [4.69, 9.17) is 4.74 Å². The van der Waals surface area contributed by atoms with Crippen LogP contribution in [0.1, 0.15) is 23.1 Å². The number of hydrogen-bond donors (Lipinski definition) is 1. The van der Waals surface area contributed by atoms with Gasteiger partial charge in [-0.3, -0.25) is 0 Å². The van der Waals surface area contributed by atoms with Gasteiger partial charge in [-0.2, -0.15) is 0 Å². The molecule has 20 heavy (non-hydrogen) atoms. The first kappa shape index (κ1) is 13.1. The molecule has 0 saturated heterocycles.